The summed E-state index contributed by atoms with van der Waals surface area (Å²) in [7, 11) is 1.59. The molecule has 0 fully saturated rings. The zero-order valence-electron chi connectivity index (χ0n) is 12.4. The molecule has 20 heavy (non-hydrogen) atoms. The Morgan fingerprint density at radius 1 is 1.40 bits per heavy atom. The van der Waals surface area contributed by atoms with Crippen LogP contribution in [0.3, 0.4) is 0 Å². The van der Waals surface area contributed by atoms with Crippen LogP contribution in [0.4, 0.5) is 0 Å². The summed E-state index contributed by atoms with van der Waals surface area (Å²) in [6, 6.07) is 6.95. The highest BCUT2D eigenvalue weighted by molar-refractivity contribution is 5.82. The number of aliphatic hydroxyl groups excluding tert-OH is 1. The summed E-state index contributed by atoms with van der Waals surface area (Å²) >= 11 is 0. The minimum absolute atomic E-state index is 0.0568. The number of nitrogens with two attached hydrogens (primary N) is 1. The fourth-order valence-electron chi connectivity index (χ4n) is 1.92. The molecule has 0 aliphatic rings. The maximum Gasteiger partial charge on any atom is 0.240 e. The fraction of sp³-hybridized carbons (Fsp3) is 0.533. The third-order valence-electron chi connectivity index (χ3n) is 3.24. The summed E-state index contributed by atoms with van der Waals surface area (Å²) in [6.45, 7) is 4.36. The second-order valence-corrected chi connectivity index (χ2v) is 5.07. The number of para-hydroxylation sites is 1. The van der Waals surface area contributed by atoms with Gasteiger partial charge in [-0.2, -0.15) is 0 Å². The Balaban J connectivity index is 2.89. The van der Waals surface area contributed by atoms with Gasteiger partial charge >= 0.3 is 0 Å². The number of aliphatic hydroxyl groups is 1. The van der Waals surface area contributed by atoms with Crippen LogP contribution in [0.5, 0.6) is 5.75 Å². The van der Waals surface area contributed by atoms with Crippen molar-refractivity contribution in [3.05, 3.63) is 29.8 Å². The molecule has 3 N–H and O–H groups in total. The summed E-state index contributed by atoms with van der Waals surface area (Å²) < 4.78 is 5.28. The van der Waals surface area contributed by atoms with E-state index in [1.165, 1.54) is 0 Å². The molecule has 0 aromatic heterocycles. The number of hydrogen-bond acceptors (Lipinski definition) is 4. The molecule has 1 atom stereocenters. The predicted molar refractivity (Wildman–Crippen MR) is 78.3 cm³/mol. The molecule has 0 aliphatic carbocycles. The van der Waals surface area contributed by atoms with Gasteiger partial charge in [-0.05, 0) is 12.0 Å². The molecule has 0 aliphatic heterocycles. The van der Waals surface area contributed by atoms with E-state index in [0.717, 1.165) is 11.3 Å². The molecular weight excluding hydrogens is 256 g/mol. The van der Waals surface area contributed by atoms with E-state index in [1.807, 2.05) is 38.1 Å². The van der Waals surface area contributed by atoms with Crippen LogP contribution >= 0.6 is 0 Å². The Labute approximate surface area is 120 Å². The van der Waals surface area contributed by atoms with Gasteiger partial charge in [0, 0.05) is 18.7 Å². The molecule has 1 aromatic rings. The van der Waals surface area contributed by atoms with Gasteiger partial charge in [0.15, 0.2) is 0 Å². The highest BCUT2D eigenvalue weighted by Crippen LogP contribution is 2.19. The van der Waals surface area contributed by atoms with E-state index in [9.17, 15) is 4.79 Å². The van der Waals surface area contributed by atoms with Crippen LogP contribution in [-0.2, 0) is 11.3 Å². The lowest BCUT2D eigenvalue weighted by Gasteiger charge is -2.27. The first-order chi connectivity index (χ1) is 9.51. The molecule has 0 bridgehead atoms. The third kappa shape index (κ3) is 4.21. The summed E-state index contributed by atoms with van der Waals surface area (Å²) in [5.74, 6) is 0.627. The number of ether oxygens (including phenoxy) is 1. The van der Waals surface area contributed by atoms with Crippen molar-refractivity contribution in [3.63, 3.8) is 0 Å². The number of rotatable bonds is 7. The van der Waals surface area contributed by atoms with E-state index in [-0.39, 0.29) is 25.0 Å². The Kier molecular flexibility index (Phi) is 6.48. The van der Waals surface area contributed by atoms with Crippen molar-refractivity contribution in [1.82, 2.24) is 4.90 Å². The standard InChI is InChI=1S/C15H24N2O3/c1-11(2)14(16)15(19)17(8-9-18)10-12-6-4-5-7-13(12)20-3/h4-7,11,14,18H,8-10,16H2,1-3H3/t14-/m0/s1. The molecule has 5 heteroatoms. The Bertz CT molecular complexity index is 435. The summed E-state index contributed by atoms with van der Waals surface area (Å²) in [6.07, 6.45) is 0. The van der Waals surface area contributed by atoms with Crippen LogP contribution in [0.25, 0.3) is 0 Å². The van der Waals surface area contributed by atoms with Gasteiger partial charge in [-0.1, -0.05) is 32.0 Å². The summed E-state index contributed by atoms with van der Waals surface area (Å²) in [5, 5.41) is 9.14. The number of carbonyl (C=O) groups excluding carboxylic acids is 1. The van der Waals surface area contributed by atoms with Crippen LogP contribution in [0.1, 0.15) is 19.4 Å². The monoisotopic (exact) mass is 280 g/mol. The lowest BCUT2D eigenvalue weighted by Crippen LogP contribution is -2.47. The lowest BCUT2D eigenvalue weighted by atomic mass is 10.0. The molecule has 0 saturated carbocycles. The Morgan fingerprint density at radius 2 is 2.05 bits per heavy atom. The summed E-state index contributed by atoms with van der Waals surface area (Å²) in [4.78, 5) is 13.9. The van der Waals surface area contributed by atoms with Gasteiger partial charge in [-0.15, -0.1) is 0 Å². The average Bonchev–Trinajstić information content (AvgIpc) is 2.45. The number of benzene rings is 1. The zero-order chi connectivity index (χ0) is 15.1. The lowest BCUT2D eigenvalue weighted by molar-refractivity contribution is -0.134. The topological polar surface area (TPSA) is 75.8 Å². The number of hydrogen-bond donors (Lipinski definition) is 2. The van der Waals surface area contributed by atoms with Crippen molar-refractivity contribution < 1.29 is 14.6 Å². The molecule has 0 unspecified atom stereocenters. The maximum atomic E-state index is 12.3. The van der Waals surface area contributed by atoms with Gasteiger partial charge in [0.1, 0.15) is 5.75 Å². The molecule has 1 amide bonds. The van der Waals surface area contributed by atoms with Gasteiger partial charge in [0.2, 0.25) is 5.91 Å². The molecular formula is C15H24N2O3. The quantitative estimate of drug-likeness (QED) is 0.781. The number of carbonyl (C=O) groups is 1. The predicted octanol–water partition coefficient (Wildman–Crippen LogP) is 0.999. The fourth-order valence-corrected chi connectivity index (χ4v) is 1.92. The molecule has 0 radical (unpaired) electrons. The van der Waals surface area contributed by atoms with Crippen molar-refractivity contribution >= 4 is 5.91 Å². The van der Waals surface area contributed by atoms with E-state index in [0.29, 0.717) is 6.54 Å². The van der Waals surface area contributed by atoms with Crippen molar-refractivity contribution in [3.8, 4) is 5.75 Å². The van der Waals surface area contributed by atoms with Crippen molar-refractivity contribution in [2.45, 2.75) is 26.4 Å². The first kappa shape index (κ1) is 16.5. The van der Waals surface area contributed by atoms with Crippen molar-refractivity contribution in [1.29, 1.82) is 0 Å². The van der Waals surface area contributed by atoms with E-state index in [4.69, 9.17) is 15.6 Å². The van der Waals surface area contributed by atoms with Gasteiger partial charge in [-0.25, -0.2) is 0 Å². The van der Waals surface area contributed by atoms with Crippen LogP contribution in [-0.4, -0.2) is 42.2 Å². The molecule has 0 heterocycles. The second kappa shape index (κ2) is 7.87. The smallest absolute Gasteiger partial charge is 0.240 e. The number of methoxy groups -OCH3 is 1. The van der Waals surface area contributed by atoms with E-state index >= 15 is 0 Å². The number of amides is 1. The second-order valence-electron chi connectivity index (χ2n) is 5.07. The maximum absolute atomic E-state index is 12.3. The highest BCUT2D eigenvalue weighted by atomic mass is 16.5. The highest BCUT2D eigenvalue weighted by Gasteiger charge is 2.24. The van der Waals surface area contributed by atoms with Crippen LogP contribution in [0.2, 0.25) is 0 Å². The van der Waals surface area contributed by atoms with E-state index in [1.54, 1.807) is 12.0 Å². The molecule has 112 valence electrons. The van der Waals surface area contributed by atoms with Gasteiger partial charge in [0.05, 0.1) is 19.8 Å². The first-order valence-corrected chi connectivity index (χ1v) is 6.78. The van der Waals surface area contributed by atoms with Crippen LogP contribution in [0.15, 0.2) is 24.3 Å². The summed E-state index contributed by atoms with van der Waals surface area (Å²) in [5.41, 5.74) is 6.81. The molecule has 1 rings (SSSR count). The minimum Gasteiger partial charge on any atom is -0.496 e. The van der Waals surface area contributed by atoms with Gasteiger partial charge in [-0.3, -0.25) is 4.79 Å². The number of nitrogens with zero attached hydrogens (tertiary/aromatic N) is 1. The van der Waals surface area contributed by atoms with E-state index < -0.39 is 6.04 Å². The SMILES string of the molecule is COc1ccccc1CN(CCO)C(=O)[C@@H](N)C(C)C. The normalized spacial score (nSPS) is 12.3. The van der Waals surface area contributed by atoms with Crippen molar-refractivity contribution in [2.24, 2.45) is 11.7 Å². The Morgan fingerprint density at radius 3 is 2.60 bits per heavy atom. The molecule has 0 spiro atoms. The molecule has 0 saturated heterocycles. The van der Waals surface area contributed by atoms with Gasteiger partial charge in [0.25, 0.3) is 0 Å². The van der Waals surface area contributed by atoms with Crippen LogP contribution < -0.4 is 10.5 Å². The van der Waals surface area contributed by atoms with Gasteiger partial charge < -0.3 is 20.5 Å². The first-order valence-electron chi connectivity index (χ1n) is 6.78. The minimum atomic E-state index is -0.559. The Hall–Kier alpha value is -1.59. The zero-order valence-corrected chi connectivity index (χ0v) is 12.4. The van der Waals surface area contributed by atoms with Crippen molar-refractivity contribution in [2.75, 3.05) is 20.3 Å². The van der Waals surface area contributed by atoms with E-state index in [2.05, 4.69) is 0 Å². The molecule has 1 aromatic carbocycles. The largest absolute Gasteiger partial charge is 0.496 e. The molecule has 5 nitrogen and oxygen atoms in total. The average molecular weight is 280 g/mol. The third-order valence-corrected chi connectivity index (χ3v) is 3.24. The van der Waals surface area contributed by atoms with Crippen LogP contribution in [0, 0.1) is 5.92 Å².